The molecule has 0 bridgehead atoms. The van der Waals surface area contributed by atoms with Crippen molar-refractivity contribution in [2.24, 2.45) is 0 Å². The van der Waals surface area contributed by atoms with E-state index in [9.17, 15) is 0 Å². The zero-order valence-electron chi connectivity index (χ0n) is 11.6. The van der Waals surface area contributed by atoms with Gasteiger partial charge in [-0.2, -0.15) is 5.26 Å². The molecule has 2 N–H and O–H groups in total. The van der Waals surface area contributed by atoms with Gasteiger partial charge in [0.25, 0.3) is 0 Å². The number of aromatic nitrogens is 3. The van der Waals surface area contributed by atoms with Gasteiger partial charge in [0.15, 0.2) is 0 Å². The Morgan fingerprint density at radius 1 is 1.24 bits per heavy atom. The fourth-order valence-electron chi connectivity index (χ4n) is 2.14. The molecule has 0 atom stereocenters. The van der Waals surface area contributed by atoms with Crippen molar-refractivity contribution in [2.45, 2.75) is 18.7 Å². The van der Waals surface area contributed by atoms with Crippen molar-refractivity contribution in [3.63, 3.8) is 0 Å². The summed E-state index contributed by atoms with van der Waals surface area (Å²) in [4.78, 5) is 12.4. The maximum absolute atomic E-state index is 9.16. The quantitative estimate of drug-likeness (QED) is 0.722. The summed E-state index contributed by atoms with van der Waals surface area (Å²) in [6, 6.07) is 6.22. The molecule has 5 nitrogen and oxygen atoms in total. The number of nitriles is 1. The summed E-state index contributed by atoms with van der Waals surface area (Å²) in [5, 5.41) is 10.1. The standard InChI is InChI=1S/C15H13N5S/c1-9-3-4-13(15-14(9)11(5-16)6-19-15)20-21-12-7-17-10(2)18-8-12/h3-4,6-8,19-20H,1-2H3. The lowest BCUT2D eigenvalue weighted by molar-refractivity contribution is 1.01. The Labute approximate surface area is 126 Å². The summed E-state index contributed by atoms with van der Waals surface area (Å²) >= 11 is 1.44. The van der Waals surface area contributed by atoms with E-state index in [4.69, 9.17) is 5.26 Å². The third kappa shape index (κ3) is 2.56. The normalized spacial score (nSPS) is 10.5. The second-order valence-corrected chi connectivity index (χ2v) is 5.54. The summed E-state index contributed by atoms with van der Waals surface area (Å²) in [5.74, 6) is 0.750. The molecule has 0 aliphatic heterocycles. The third-order valence-electron chi connectivity index (χ3n) is 3.20. The lowest BCUT2D eigenvalue weighted by atomic mass is 10.1. The van der Waals surface area contributed by atoms with Gasteiger partial charge in [-0.05, 0) is 37.4 Å². The number of rotatable bonds is 3. The van der Waals surface area contributed by atoms with E-state index in [1.54, 1.807) is 18.6 Å². The van der Waals surface area contributed by atoms with Crippen molar-refractivity contribution in [1.82, 2.24) is 15.0 Å². The Hall–Kier alpha value is -2.52. The predicted molar refractivity (Wildman–Crippen MR) is 84.0 cm³/mol. The van der Waals surface area contributed by atoms with Crippen LogP contribution in [-0.4, -0.2) is 15.0 Å². The van der Waals surface area contributed by atoms with Crippen LogP contribution in [0.2, 0.25) is 0 Å². The van der Waals surface area contributed by atoms with Crippen LogP contribution < -0.4 is 4.72 Å². The molecule has 0 aliphatic carbocycles. The highest BCUT2D eigenvalue weighted by Gasteiger charge is 2.10. The number of benzene rings is 1. The summed E-state index contributed by atoms with van der Waals surface area (Å²) in [6.45, 7) is 3.86. The summed E-state index contributed by atoms with van der Waals surface area (Å²) in [6.07, 6.45) is 5.30. The van der Waals surface area contributed by atoms with Crippen molar-refractivity contribution in [3.8, 4) is 6.07 Å². The third-order valence-corrected chi connectivity index (χ3v) is 3.97. The van der Waals surface area contributed by atoms with Gasteiger partial charge in [-0.15, -0.1) is 0 Å². The molecular formula is C15H13N5S. The number of anilines is 1. The zero-order chi connectivity index (χ0) is 14.8. The van der Waals surface area contributed by atoms with Crippen LogP contribution >= 0.6 is 11.9 Å². The highest BCUT2D eigenvalue weighted by Crippen LogP contribution is 2.31. The SMILES string of the molecule is Cc1ncc(SNc2ccc(C)c3c(C#N)c[nH]c23)cn1. The van der Waals surface area contributed by atoms with Gasteiger partial charge in [-0.25, -0.2) is 9.97 Å². The molecule has 0 unspecified atom stereocenters. The molecule has 0 amide bonds. The number of hydrogen-bond donors (Lipinski definition) is 2. The van der Waals surface area contributed by atoms with Gasteiger partial charge in [-0.1, -0.05) is 6.07 Å². The van der Waals surface area contributed by atoms with Gasteiger partial charge >= 0.3 is 0 Å². The fourth-order valence-corrected chi connectivity index (χ4v) is 2.75. The molecule has 0 aliphatic rings. The van der Waals surface area contributed by atoms with Crippen molar-refractivity contribution < 1.29 is 0 Å². The highest BCUT2D eigenvalue weighted by molar-refractivity contribution is 8.00. The average molecular weight is 295 g/mol. The number of H-pyrrole nitrogens is 1. The molecule has 1 aromatic carbocycles. The van der Waals surface area contributed by atoms with E-state index in [0.717, 1.165) is 32.9 Å². The molecule has 2 aromatic heterocycles. The first-order valence-electron chi connectivity index (χ1n) is 6.41. The molecule has 2 heterocycles. The highest BCUT2D eigenvalue weighted by atomic mass is 32.2. The van der Waals surface area contributed by atoms with Crippen LogP contribution in [0.4, 0.5) is 5.69 Å². The van der Waals surface area contributed by atoms with Gasteiger partial charge in [-0.3, -0.25) is 0 Å². The predicted octanol–water partition coefficient (Wildman–Crippen LogP) is 3.57. The maximum Gasteiger partial charge on any atom is 0.125 e. The van der Waals surface area contributed by atoms with Crippen molar-refractivity contribution in [3.05, 3.63) is 47.7 Å². The van der Waals surface area contributed by atoms with Crippen LogP contribution in [0.3, 0.4) is 0 Å². The van der Waals surface area contributed by atoms with Crippen molar-refractivity contribution in [1.29, 1.82) is 5.26 Å². The largest absolute Gasteiger partial charge is 0.358 e. The Balaban J connectivity index is 1.91. The number of fused-ring (bicyclic) bond motifs is 1. The average Bonchev–Trinajstić information content (AvgIpc) is 2.93. The Kier molecular flexibility index (Phi) is 3.50. The molecule has 21 heavy (non-hydrogen) atoms. The molecule has 0 saturated carbocycles. The Morgan fingerprint density at radius 2 is 2.00 bits per heavy atom. The van der Waals surface area contributed by atoms with Crippen LogP contribution in [0.1, 0.15) is 17.0 Å². The van der Waals surface area contributed by atoms with Gasteiger partial charge < -0.3 is 9.71 Å². The van der Waals surface area contributed by atoms with Gasteiger partial charge in [0.2, 0.25) is 0 Å². The summed E-state index contributed by atoms with van der Waals surface area (Å²) < 4.78 is 3.28. The molecule has 0 saturated heterocycles. The molecule has 0 spiro atoms. The van der Waals surface area contributed by atoms with Crippen LogP contribution in [-0.2, 0) is 0 Å². The van der Waals surface area contributed by atoms with Crippen molar-refractivity contribution >= 4 is 28.5 Å². The van der Waals surface area contributed by atoms with E-state index in [1.165, 1.54) is 11.9 Å². The maximum atomic E-state index is 9.16. The first-order valence-corrected chi connectivity index (χ1v) is 7.23. The molecule has 3 aromatic rings. The second kappa shape index (κ2) is 5.46. The number of aromatic amines is 1. The van der Waals surface area contributed by atoms with Crippen LogP contribution in [0.25, 0.3) is 10.9 Å². The van der Waals surface area contributed by atoms with Gasteiger partial charge in [0.1, 0.15) is 11.9 Å². The lowest BCUT2D eigenvalue weighted by Crippen LogP contribution is -1.92. The van der Waals surface area contributed by atoms with E-state index < -0.39 is 0 Å². The van der Waals surface area contributed by atoms with E-state index in [1.807, 2.05) is 26.0 Å². The lowest BCUT2D eigenvalue weighted by Gasteiger charge is -2.08. The number of nitrogens with zero attached hydrogens (tertiary/aromatic N) is 3. The summed E-state index contributed by atoms with van der Waals surface area (Å²) in [7, 11) is 0. The molecule has 0 radical (unpaired) electrons. The van der Waals surface area contributed by atoms with Crippen LogP contribution in [0, 0.1) is 25.2 Å². The first kappa shape index (κ1) is 13.5. The minimum Gasteiger partial charge on any atom is -0.358 e. The molecule has 3 rings (SSSR count). The zero-order valence-corrected chi connectivity index (χ0v) is 12.5. The molecule has 0 fully saturated rings. The monoisotopic (exact) mass is 295 g/mol. The Morgan fingerprint density at radius 3 is 2.71 bits per heavy atom. The number of aryl methyl sites for hydroxylation is 2. The number of nitrogens with one attached hydrogen (secondary N) is 2. The molecular weight excluding hydrogens is 282 g/mol. The summed E-state index contributed by atoms with van der Waals surface area (Å²) in [5.41, 5.74) is 3.61. The minimum atomic E-state index is 0.662. The van der Waals surface area contributed by atoms with Crippen LogP contribution in [0.5, 0.6) is 0 Å². The smallest absolute Gasteiger partial charge is 0.125 e. The van der Waals surface area contributed by atoms with E-state index in [-0.39, 0.29) is 0 Å². The number of hydrogen-bond acceptors (Lipinski definition) is 5. The fraction of sp³-hybridized carbons (Fsp3) is 0.133. The van der Waals surface area contributed by atoms with Gasteiger partial charge in [0, 0.05) is 24.0 Å². The Bertz CT molecular complexity index is 830. The van der Waals surface area contributed by atoms with Crippen molar-refractivity contribution in [2.75, 3.05) is 4.72 Å². The first-order chi connectivity index (χ1) is 10.2. The topological polar surface area (TPSA) is 77.4 Å². The second-order valence-electron chi connectivity index (χ2n) is 4.66. The van der Waals surface area contributed by atoms with Gasteiger partial charge in [0.05, 0.1) is 21.7 Å². The van der Waals surface area contributed by atoms with E-state index in [0.29, 0.717) is 5.56 Å². The molecule has 6 heteroatoms. The molecule has 104 valence electrons. The van der Waals surface area contributed by atoms with E-state index in [2.05, 4.69) is 25.7 Å². The minimum absolute atomic E-state index is 0.662. The van der Waals surface area contributed by atoms with E-state index >= 15 is 0 Å². The van der Waals surface area contributed by atoms with Crippen LogP contribution in [0.15, 0.2) is 35.6 Å².